The first-order chi connectivity index (χ1) is 9.75. The van der Waals surface area contributed by atoms with Gasteiger partial charge in [-0.2, -0.15) is 0 Å². The molecule has 1 aliphatic heterocycles. The summed E-state index contributed by atoms with van der Waals surface area (Å²) < 4.78 is 0. The van der Waals surface area contributed by atoms with Crippen molar-refractivity contribution >= 4 is 11.7 Å². The van der Waals surface area contributed by atoms with Crippen LogP contribution in [0.5, 0.6) is 0 Å². The van der Waals surface area contributed by atoms with Crippen LogP contribution in [0.1, 0.15) is 23.6 Å². The van der Waals surface area contributed by atoms with E-state index >= 15 is 0 Å². The van der Waals surface area contributed by atoms with Crippen molar-refractivity contribution in [1.82, 2.24) is 4.98 Å². The molecule has 0 saturated carbocycles. The van der Waals surface area contributed by atoms with E-state index in [1.165, 1.54) is 0 Å². The summed E-state index contributed by atoms with van der Waals surface area (Å²) in [6, 6.07) is 13.6. The molecule has 1 aliphatic rings. The van der Waals surface area contributed by atoms with Gasteiger partial charge in [0.15, 0.2) is 0 Å². The average molecular weight is 268 g/mol. The third-order valence-corrected chi connectivity index (χ3v) is 3.72. The van der Waals surface area contributed by atoms with Crippen LogP contribution in [0, 0.1) is 0 Å². The van der Waals surface area contributed by atoms with Gasteiger partial charge >= 0.3 is 5.97 Å². The van der Waals surface area contributed by atoms with Gasteiger partial charge in [-0.05, 0) is 30.2 Å². The number of anilines is 1. The van der Waals surface area contributed by atoms with Gasteiger partial charge in [-0.3, -0.25) is 9.78 Å². The summed E-state index contributed by atoms with van der Waals surface area (Å²) >= 11 is 0. The molecular weight excluding hydrogens is 252 g/mol. The van der Waals surface area contributed by atoms with Crippen molar-refractivity contribution < 1.29 is 9.90 Å². The summed E-state index contributed by atoms with van der Waals surface area (Å²) in [5, 5.41) is 9.33. The Kier molecular flexibility index (Phi) is 3.37. The molecule has 2 heterocycles. The Morgan fingerprint density at radius 1 is 1.25 bits per heavy atom. The number of hydrogen-bond acceptors (Lipinski definition) is 3. The average Bonchev–Trinajstić information content (AvgIpc) is 2.48. The standard InChI is InChI=1S/C16H16N2O2/c19-16(20)14-8-10-18(11-12-5-3-4-9-17-12)15-7-2-1-6-13(14)15/h1-7,9,14H,8,10-11H2,(H,19,20). The lowest BCUT2D eigenvalue weighted by molar-refractivity contribution is -0.139. The molecule has 1 aromatic carbocycles. The number of hydrogen-bond donors (Lipinski definition) is 1. The van der Waals surface area contributed by atoms with Gasteiger partial charge in [0.05, 0.1) is 18.2 Å². The van der Waals surface area contributed by atoms with E-state index in [1.807, 2.05) is 42.5 Å². The minimum atomic E-state index is -0.741. The van der Waals surface area contributed by atoms with E-state index in [9.17, 15) is 9.90 Å². The van der Waals surface area contributed by atoms with Crippen LogP contribution in [0.25, 0.3) is 0 Å². The predicted molar refractivity (Wildman–Crippen MR) is 76.7 cm³/mol. The first-order valence-corrected chi connectivity index (χ1v) is 6.72. The highest BCUT2D eigenvalue weighted by Gasteiger charge is 2.29. The van der Waals surface area contributed by atoms with Gasteiger partial charge in [0.2, 0.25) is 0 Å². The summed E-state index contributed by atoms with van der Waals surface area (Å²) in [6.45, 7) is 1.45. The molecule has 4 nitrogen and oxygen atoms in total. The lowest BCUT2D eigenvalue weighted by atomic mass is 9.90. The Morgan fingerprint density at radius 3 is 2.80 bits per heavy atom. The van der Waals surface area contributed by atoms with E-state index in [2.05, 4.69) is 9.88 Å². The van der Waals surface area contributed by atoms with Crippen molar-refractivity contribution in [2.24, 2.45) is 0 Å². The second-order valence-corrected chi connectivity index (χ2v) is 4.98. The zero-order valence-electron chi connectivity index (χ0n) is 11.1. The summed E-state index contributed by atoms with van der Waals surface area (Å²) in [7, 11) is 0. The van der Waals surface area contributed by atoms with Crippen molar-refractivity contribution in [2.75, 3.05) is 11.4 Å². The fourth-order valence-corrected chi connectivity index (χ4v) is 2.74. The van der Waals surface area contributed by atoms with Gasteiger partial charge < -0.3 is 10.0 Å². The molecule has 4 heteroatoms. The molecule has 2 aromatic rings. The monoisotopic (exact) mass is 268 g/mol. The van der Waals surface area contributed by atoms with Crippen LogP contribution < -0.4 is 4.90 Å². The molecule has 1 N–H and O–H groups in total. The molecule has 102 valence electrons. The topological polar surface area (TPSA) is 53.4 Å². The first kappa shape index (κ1) is 12.7. The molecule has 1 atom stereocenters. The Morgan fingerprint density at radius 2 is 2.05 bits per heavy atom. The summed E-state index contributed by atoms with van der Waals surface area (Å²) in [5.74, 6) is -1.14. The molecule has 0 aliphatic carbocycles. The summed E-state index contributed by atoms with van der Waals surface area (Å²) in [5.41, 5.74) is 2.91. The van der Waals surface area contributed by atoms with Crippen LogP contribution in [0.2, 0.25) is 0 Å². The fourth-order valence-electron chi connectivity index (χ4n) is 2.74. The third kappa shape index (κ3) is 2.37. The summed E-state index contributed by atoms with van der Waals surface area (Å²) in [6.07, 6.45) is 2.42. The van der Waals surface area contributed by atoms with Crippen LogP contribution in [-0.2, 0) is 11.3 Å². The number of aromatic nitrogens is 1. The number of fused-ring (bicyclic) bond motifs is 1. The molecule has 20 heavy (non-hydrogen) atoms. The Hall–Kier alpha value is -2.36. The van der Waals surface area contributed by atoms with E-state index in [1.54, 1.807) is 6.20 Å². The number of carboxylic acid groups (broad SMARTS) is 1. The van der Waals surface area contributed by atoms with Crippen molar-refractivity contribution in [3.8, 4) is 0 Å². The highest BCUT2D eigenvalue weighted by molar-refractivity contribution is 5.80. The predicted octanol–water partition coefficient (Wildman–Crippen LogP) is 2.66. The number of carboxylic acids is 1. The van der Waals surface area contributed by atoms with Crippen molar-refractivity contribution in [3.05, 3.63) is 59.9 Å². The zero-order valence-corrected chi connectivity index (χ0v) is 11.1. The van der Waals surface area contributed by atoms with E-state index in [4.69, 9.17) is 0 Å². The minimum absolute atomic E-state index is 0.397. The van der Waals surface area contributed by atoms with Crippen LogP contribution in [0.4, 0.5) is 5.69 Å². The maximum atomic E-state index is 11.4. The molecule has 0 saturated heterocycles. The SMILES string of the molecule is O=C(O)C1CCN(Cc2ccccn2)c2ccccc21. The van der Waals surface area contributed by atoms with Crippen molar-refractivity contribution in [2.45, 2.75) is 18.9 Å². The second kappa shape index (κ2) is 5.33. The largest absolute Gasteiger partial charge is 0.481 e. The number of rotatable bonds is 3. The lowest BCUT2D eigenvalue weighted by Crippen LogP contribution is -2.33. The molecular formula is C16H16N2O2. The van der Waals surface area contributed by atoms with E-state index in [0.717, 1.165) is 23.5 Å². The maximum absolute atomic E-state index is 11.4. The normalized spacial score (nSPS) is 17.6. The Balaban J connectivity index is 1.91. The van der Waals surface area contributed by atoms with Gasteiger partial charge in [-0.15, -0.1) is 0 Å². The molecule has 0 amide bonds. The van der Waals surface area contributed by atoms with Crippen LogP contribution in [-0.4, -0.2) is 22.6 Å². The zero-order chi connectivity index (χ0) is 13.9. The smallest absolute Gasteiger partial charge is 0.311 e. The Bertz CT molecular complexity index is 613. The molecule has 3 rings (SSSR count). The highest BCUT2D eigenvalue weighted by atomic mass is 16.4. The minimum Gasteiger partial charge on any atom is -0.481 e. The number of carbonyl (C=O) groups is 1. The maximum Gasteiger partial charge on any atom is 0.311 e. The van der Waals surface area contributed by atoms with E-state index < -0.39 is 11.9 Å². The van der Waals surface area contributed by atoms with E-state index in [0.29, 0.717) is 13.0 Å². The summed E-state index contributed by atoms with van der Waals surface area (Å²) in [4.78, 5) is 17.9. The molecule has 0 spiro atoms. The number of benzene rings is 1. The number of pyridine rings is 1. The molecule has 1 unspecified atom stereocenters. The van der Waals surface area contributed by atoms with Gasteiger partial charge in [0.25, 0.3) is 0 Å². The van der Waals surface area contributed by atoms with Gasteiger partial charge in [0.1, 0.15) is 0 Å². The number of nitrogens with zero attached hydrogens (tertiary/aromatic N) is 2. The molecule has 1 aromatic heterocycles. The van der Waals surface area contributed by atoms with Crippen LogP contribution in [0.15, 0.2) is 48.7 Å². The number of para-hydroxylation sites is 1. The van der Waals surface area contributed by atoms with Gasteiger partial charge in [0, 0.05) is 18.4 Å². The van der Waals surface area contributed by atoms with Gasteiger partial charge in [-0.25, -0.2) is 0 Å². The third-order valence-electron chi connectivity index (χ3n) is 3.72. The van der Waals surface area contributed by atoms with Crippen LogP contribution >= 0.6 is 0 Å². The first-order valence-electron chi connectivity index (χ1n) is 6.72. The Labute approximate surface area is 117 Å². The molecule has 0 fully saturated rings. The highest BCUT2D eigenvalue weighted by Crippen LogP contribution is 2.35. The molecule has 0 bridgehead atoms. The molecule has 0 radical (unpaired) electrons. The van der Waals surface area contributed by atoms with E-state index in [-0.39, 0.29) is 0 Å². The van der Waals surface area contributed by atoms with Crippen molar-refractivity contribution in [3.63, 3.8) is 0 Å². The van der Waals surface area contributed by atoms with Crippen molar-refractivity contribution in [1.29, 1.82) is 0 Å². The second-order valence-electron chi connectivity index (χ2n) is 4.98. The lowest BCUT2D eigenvalue weighted by Gasteiger charge is -2.34. The number of aliphatic carboxylic acids is 1. The fraction of sp³-hybridized carbons (Fsp3) is 0.250. The van der Waals surface area contributed by atoms with Crippen LogP contribution in [0.3, 0.4) is 0 Å². The van der Waals surface area contributed by atoms with Gasteiger partial charge in [-0.1, -0.05) is 24.3 Å². The quantitative estimate of drug-likeness (QED) is 0.929.